The van der Waals surface area contributed by atoms with Gasteiger partial charge in [-0.15, -0.1) is 0 Å². The molecule has 1 saturated carbocycles. The van der Waals surface area contributed by atoms with Gasteiger partial charge >= 0.3 is 5.97 Å². The summed E-state index contributed by atoms with van der Waals surface area (Å²) < 4.78 is 5.43. The standard InChI is InChI=1S/C34H53N3O3/c1-24(2)40-31(39)26-14-12-25(13-15-26)28(18-19-32(3,4)5)37-30(38)29(36-22-10-9-11-23-36)35-34(37)20-16-27(17-21-34)33(6,7)8/h12-15,24,27-28H,9-11,16-23H2,1-8H3/t27?,28-,34?/m1/s1. The van der Waals surface area contributed by atoms with Gasteiger partial charge in [0.25, 0.3) is 5.91 Å². The summed E-state index contributed by atoms with van der Waals surface area (Å²) in [6.07, 6.45) is 9.11. The van der Waals surface area contributed by atoms with Gasteiger partial charge in [0, 0.05) is 13.1 Å². The van der Waals surface area contributed by atoms with Crippen LogP contribution in [-0.4, -0.2) is 52.4 Å². The van der Waals surface area contributed by atoms with Crippen LogP contribution in [0.4, 0.5) is 0 Å². The van der Waals surface area contributed by atoms with Crippen molar-refractivity contribution in [3.05, 3.63) is 35.4 Å². The van der Waals surface area contributed by atoms with Crippen LogP contribution in [0.2, 0.25) is 0 Å². The van der Waals surface area contributed by atoms with E-state index in [0.29, 0.717) is 17.3 Å². The Hall–Kier alpha value is -2.37. The van der Waals surface area contributed by atoms with Gasteiger partial charge < -0.3 is 14.5 Å². The van der Waals surface area contributed by atoms with Crippen molar-refractivity contribution in [2.45, 2.75) is 131 Å². The highest BCUT2D eigenvalue weighted by Gasteiger charge is 2.53. The molecule has 1 aliphatic carbocycles. The summed E-state index contributed by atoms with van der Waals surface area (Å²) in [5.74, 6) is 1.10. The molecule has 4 rings (SSSR count). The molecule has 1 aromatic rings. The molecule has 222 valence electrons. The first kappa shape index (κ1) is 30.6. The van der Waals surface area contributed by atoms with Crippen LogP contribution in [0.25, 0.3) is 0 Å². The maximum atomic E-state index is 14.5. The van der Waals surface area contributed by atoms with Crippen molar-refractivity contribution in [3.63, 3.8) is 0 Å². The molecule has 0 N–H and O–H groups in total. The molecule has 0 aromatic heterocycles. The van der Waals surface area contributed by atoms with Crippen molar-refractivity contribution < 1.29 is 14.3 Å². The van der Waals surface area contributed by atoms with Crippen LogP contribution in [0.15, 0.2) is 29.3 Å². The molecule has 1 aromatic carbocycles. The number of hydrogen-bond donors (Lipinski definition) is 0. The van der Waals surface area contributed by atoms with E-state index in [2.05, 4.69) is 51.3 Å². The summed E-state index contributed by atoms with van der Waals surface area (Å²) in [7, 11) is 0. The molecule has 1 spiro atoms. The summed E-state index contributed by atoms with van der Waals surface area (Å²) >= 11 is 0. The Morgan fingerprint density at radius 2 is 1.60 bits per heavy atom. The van der Waals surface area contributed by atoms with Gasteiger partial charge in [-0.2, -0.15) is 0 Å². The second-order valence-corrected chi connectivity index (χ2v) is 15.0. The Balaban J connectivity index is 1.72. The highest BCUT2D eigenvalue weighted by atomic mass is 16.5. The lowest BCUT2D eigenvalue weighted by molar-refractivity contribution is -0.134. The first-order valence-corrected chi connectivity index (χ1v) is 15.7. The van der Waals surface area contributed by atoms with E-state index < -0.39 is 5.66 Å². The highest BCUT2D eigenvalue weighted by molar-refractivity contribution is 6.39. The number of amidine groups is 1. The average molecular weight is 552 g/mol. The summed E-state index contributed by atoms with van der Waals surface area (Å²) in [5, 5.41) is 0. The number of esters is 1. The van der Waals surface area contributed by atoms with Gasteiger partial charge in [-0.1, -0.05) is 53.7 Å². The number of benzene rings is 1. The number of likely N-dealkylation sites (tertiary alicyclic amines) is 1. The Morgan fingerprint density at radius 3 is 2.12 bits per heavy atom. The molecule has 6 heteroatoms. The van der Waals surface area contributed by atoms with E-state index in [0.717, 1.165) is 70.0 Å². The second kappa shape index (κ2) is 11.9. The van der Waals surface area contributed by atoms with Crippen molar-refractivity contribution in [3.8, 4) is 0 Å². The van der Waals surface area contributed by atoms with Crippen molar-refractivity contribution in [2.75, 3.05) is 13.1 Å². The predicted molar refractivity (Wildman–Crippen MR) is 162 cm³/mol. The summed E-state index contributed by atoms with van der Waals surface area (Å²) in [6.45, 7) is 19.4. The van der Waals surface area contributed by atoms with E-state index in [4.69, 9.17) is 9.73 Å². The second-order valence-electron chi connectivity index (χ2n) is 15.0. The topological polar surface area (TPSA) is 62.2 Å². The van der Waals surface area contributed by atoms with Gasteiger partial charge in [0.1, 0.15) is 5.66 Å². The molecular formula is C34H53N3O3. The number of carbonyl (C=O) groups is 2. The van der Waals surface area contributed by atoms with Crippen molar-refractivity contribution in [1.82, 2.24) is 9.80 Å². The Kier molecular flexibility index (Phi) is 9.06. The van der Waals surface area contributed by atoms with Gasteiger partial charge in [-0.3, -0.25) is 4.79 Å². The molecule has 1 amide bonds. The molecule has 0 unspecified atom stereocenters. The maximum absolute atomic E-state index is 14.5. The van der Waals surface area contributed by atoms with Gasteiger partial charge in [0.2, 0.25) is 0 Å². The SMILES string of the molecule is CC(C)OC(=O)c1ccc([C@@H](CCC(C)(C)C)N2C(=O)C(N3CCCCC3)=NC23CCC(C(C)(C)C)CC3)cc1. The van der Waals surface area contributed by atoms with E-state index in [-0.39, 0.29) is 34.9 Å². The average Bonchev–Trinajstić information content (AvgIpc) is 3.15. The predicted octanol–water partition coefficient (Wildman–Crippen LogP) is 7.78. The Labute approximate surface area is 242 Å². The van der Waals surface area contributed by atoms with E-state index in [1.165, 1.54) is 6.42 Å². The minimum absolute atomic E-state index is 0.0957. The molecule has 1 saturated heterocycles. The van der Waals surface area contributed by atoms with Crippen molar-refractivity contribution in [2.24, 2.45) is 21.7 Å². The molecular weight excluding hydrogens is 498 g/mol. The number of ether oxygens (including phenoxy) is 1. The van der Waals surface area contributed by atoms with E-state index in [9.17, 15) is 9.59 Å². The molecule has 6 nitrogen and oxygen atoms in total. The first-order valence-electron chi connectivity index (χ1n) is 15.7. The minimum atomic E-state index is -0.497. The number of piperidine rings is 1. The van der Waals surface area contributed by atoms with Crippen LogP contribution in [0.1, 0.15) is 135 Å². The fraction of sp³-hybridized carbons (Fsp3) is 0.735. The lowest BCUT2D eigenvalue weighted by atomic mass is 9.69. The third-order valence-electron chi connectivity index (χ3n) is 9.19. The van der Waals surface area contributed by atoms with Crippen LogP contribution in [0.3, 0.4) is 0 Å². The fourth-order valence-electron chi connectivity index (χ4n) is 6.78. The summed E-state index contributed by atoms with van der Waals surface area (Å²) in [6, 6.07) is 7.69. The highest BCUT2D eigenvalue weighted by Crippen LogP contribution is 2.50. The number of amides is 1. The van der Waals surface area contributed by atoms with Crippen LogP contribution >= 0.6 is 0 Å². The molecule has 3 aliphatic rings. The largest absolute Gasteiger partial charge is 0.459 e. The molecule has 2 heterocycles. The molecule has 2 aliphatic heterocycles. The monoisotopic (exact) mass is 551 g/mol. The molecule has 0 bridgehead atoms. The van der Waals surface area contributed by atoms with E-state index in [1.807, 2.05) is 38.1 Å². The molecule has 40 heavy (non-hydrogen) atoms. The number of aliphatic imine (C=N–C) groups is 1. The fourth-order valence-corrected chi connectivity index (χ4v) is 6.78. The lowest BCUT2D eigenvalue weighted by Crippen LogP contribution is -2.52. The zero-order valence-electron chi connectivity index (χ0n) is 26.4. The summed E-state index contributed by atoms with van der Waals surface area (Å²) in [4.78, 5) is 36.9. The van der Waals surface area contributed by atoms with Gasteiger partial charge in [-0.25, -0.2) is 9.79 Å². The normalized spacial score (nSPS) is 25.0. The third-order valence-corrected chi connectivity index (χ3v) is 9.19. The van der Waals surface area contributed by atoms with Crippen LogP contribution in [0.5, 0.6) is 0 Å². The number of carbonyl (C=O) groups excluding carboxylic acids is 2. The molecule has 2 fully saturated rings. The minimum Gasteiger partial charge on any atom is -0.459 e. The Morgan fingerprint density at radius 1 is 1.00 bits per heavy atom. The zero-order valence-corrected chi connectivity index (χ0v) is 26.4. The number of hydrogen-bond acceptors (Lipinski definition) is 5. The van der Waals surface area contributed by atoms with Crippen molar-refractivity contribution >= 4 is 17.7 Å². The van der Waals surface area contributed by atoms with E-state index in [1.54, 1.807) is 0 Å². The first-order chi connectivity index (χ1) is 18.7. The lowest BCUT2D eigenvalue weighted by Gasteiger charge is -2.47. The van der Waals surface area contributed by atoms with Gasteiger partial charge in [0.15, 0.2) is 5.84 Å². The zero-order chi connectivity index (χ0) is 29.3. The van der Waals surface area contributed by atoms with E-state index >= 15 is 0 Å². The third kappa shape index (κ3) is 6.91. The molecule has 0 radical (unpaired) electrons. The maximum Gasteiger partial charge on any atom is 0.338 e. The van der Waals surface area contributed by atoms with Crippen LogP contribution < -0.4 is 0 Å². The quantitative estimate of drug-likeness (QED) is 0.339. The van der Waals surface area contributed by atoms with Gasteiger partial charge in [-0.05, 0) is 106 Å². The number of rotatable bonds is 6. The van der Waals surface area contributed by atoms with Crippen LogP contribution in [-0.2, 0) is 9.53 Å². The van der Waals surface area contributed by atoms with Gasteiger partial charge in [0.05, 0.1) is 17.7 Å². The van der Waals surface area contributed by atoms with Crippen LogP contribution in [0, 0.1) is 16.7 Å². The van der Waals surface area contributed by atoms with Crippen molar-refractivity contribution in [1.29, 1.82) is 0 Å². The number of nitrogens with zero attached hydrogens (tertiary/aromatic N) is 3. The summed E-state index contributed by atoms with van der Waals surface area (Å²) in [5.41, 5.74) is 1.51. The molecule has 1 atom stereocenters. The Bertz CT molecular complexity index is 1060. The smallest absolute Gasteiger partial charge is 0.338 e.